The van der Waals surface area contributed by atoms with Crippen LogP contribution in [0.5, 0.6) is 0 Å². The summed E-state index contributed by atoms with van der Waals surface area (Å²) in [6.45, 7) is 2.05. The Balaban J connectivity index is 1.16. The number of pyridine rings is 1. The molecule has 0 radical (unpaired) electrons. The molecule has 0 atom stereocenters. The summed E-state index contributed by atoms with van der Waals surface area (Å²) in [5.74, 6) is -1.24. The Morgan fingerprint density at radius 3 is 2.60 bits per heavy atom. The number of nitrogens with zero attached hydrogens (tertiary/aromatic N) is 3. The summed E-state index contributed by atoms with van der Waals surface area (Å²) in [7, 11) is 0. The van der Waals surface area contributed by atoms with Crippen LogP contribution in [0.15, 0.2) is 72.8 Å². The molecule has 4 aromatic rings. The van der Waals surface area contributed by atoms with Crippen LogP contribution in [0.3, 0.4) is 0 Å². The van der Waals surface area contributed by atoms with E-state index in [0.717, 1.165) is 41.0 Å². The van der Waals surface area contributed by atoms with E-state index in [1.807, 2.05) is 36.4 Å². The molecule has 0 saturated carbocycles. The fourth-order valence-corrected chi connectivity index (χ4v) is 5.74. The SMILES string of the molecule is O=C(O)C1CN(CCCc2ccc(-c3nc4ccc(C5(c6ccccc6)C=C5)nc4s3)c(F)c2)C1. The average Bonchev–Trinajstić information content (AvgIpc) is 3.54. The molecule has 1 N–H and O–H groups in total. The number of fused-ring (bicyclic) bond motifs is 1. The molecule has 0 amide bonds. The Bertz CT molecular complexity index is 1440. The molecule has 1 fully saturated rings. The lowest BCUT2D eigenvalue weighted by atomic mass is 9.89. The number of hydrogen-bond donors (Lipinski definition) is 1. The van der Waals surface area contributed by atoms with Gasteiger partial charge in [-0.1, -0.05) is 59.9 Å². The van der Waals surface area contributed by atoms with E-state index in [4.69, 9.17) is 10.1 Å². The lowest BCUT2D eigenvalue weighted by Gasteiger charge is -2.36. The van der Waals surface area contributed by atoms with Gasteiger partial charge >= 0.3 is 5.97 Å². The molecule has 2 aliphatic rings. The number of thiazole rings is 1. The van der Waals surface area contributed by atoms with Gasteiger partial charge in [-0.25, -0.2) is 14.4 Å². The van der Waals surface area contributed by atoms with E-state index >= 15 is 4.39 Å². The van der Waals surface area contributed by atoms with E-state index < -0.39 is 5.97 Å². The Hall–Kier alpha value is -3.42. The minimum atomic E-state index is -0.722. The molecule has 1 aliphatic heterocycles. The van der Waals surface area contributed by atoms with Crippen molar-refractivity contribution in [2.45, 2.75) is 18.3 Å². The zero-order valence-electron chi connectivity index (χ0n) is 19.0. The molecule has 1 aliphatic carbocycles. The Morgan fingerprint density at radius 2 is 1.89 bits per heavy atom. The lowest BCUT2D eigenvalue weighted by Crippen LogP contribution is -2.50. The van der Waals surface area contributed by atoms with Crippen LogP contribution in [0, 0.1) is 11.7 Å². The number of allylic oxidation sites excluding steroid dienone is 2. The number of carboxylic acid groups (broad SMARTS) is 1. The van der Waals surface area contributed by atoms with E-state index in [1.165, 1.54) is 16.9 Å². The maximum Gasteiger partial charge on any atom is 0.309 e. The van der Waals surface area contributed by atoms with Gasteiger partial charge in [-0.15, -0.1) is 0 Å². The quantitative estimate of drug-likeness (QED) is 0.343. The number of rotatable bonds is 8. The highest BCUT2D eigenvalue weighted by atomic mass is 32.1. The van der Waals surface area contributed by atoms with Crippen molar-refractivity contribution in [3.8, 4) is 10.6 Å². The Kier molecular flexibility index (Phi) is 5.46. The standard InChI is InChI=1S/C28H24FN3O2S/c29-22-15-18(5-4-14-32-16-19(17-32)27(33)34)8-9-21(22)25-30-23-10-11-24(31-26(23)35-25)28(12-13-28)20-6-2-1-3-7-20/h1-3,6-13,15,19H,4-5,14,16-17H2,(H,33,34). The molecule has 35 heavy (non-hydrogen) atoms. The van der Waals surface area contributed by atoms with Crippen molar-refractivity contribution in [1.29, 1.82) is 0 Å². The number of carboxylic acids is 1. The minimum Gasteiger partial charge on any atom is -0.481 e. The minimum absolute atomic E-state index is 0.240. The van der Waals surface area contributed by atoms with Gasteiger partial charge < -0.3 is 10.0 Å². The van der Waals surface area contributed by atoms with Crippen molar-refractivity contribution in [2.75, 3.05) is 19.6 Å². The second-order valence-corrected chi connectivity index (χ2v) is 10.3. The number of carbonyl (C=O) groups is 1. The fourth-order valence-electron chi connectivity index (χ4n) is 4.77. The van der Waals surface area contributed by atoms with Crippen LogP contribution in [0.2, 0.25) is 0 Å². The number of aliphatic carboxylic acids is 1. The van der Waals surface area contributed by atoms with E-state index in [1.54, 1.807) is 12.1 Å². The largest absolute Gasteiger partial charge is 0.481 e. The number of halogens is 1. The van der Waals surface area contributed by atoms with Crippen LogP contribution in [0.1, 0.15) is 23.2 Å². The average molecular weight is 486 g/mol. The highest BCUT2D eigenvalue weighted by Gasteiger charge is 2.39. The second-order valence-electron chi connectivity index (χ2n) is 9.32. The van der Waals surface area contributed by atoms with Crippen molar-refractivity contribution in [3.05, 3.63) is 95.5 Å². The third-order valence-corrected chi connectivity index (χ3v) is 7.94. The third-order valence-electron chi connectivity index (χ3n) is 6.94. The number of likely N-dealkylation sites (tertiary alicyclic amines) is 1. The zero-order chi connectivity index (χ0) is 24.0. The first-order valence-corrected chi connectivity index (χ1v) is 12.6. The van der Waals surface area contributed by atoms with Crippen LogP contribution < -0.4 is 0 Å². The molecule has 3 heterocycles. The van der Waals surface area contributed by atoms with Gasteiger partial charge in [0, 0.05) is 18.7 Å². The topological polar surface area (TPSA) is 66.3 Å². The van der Waals surface area contributed by atoms with Crippen LogP contribution in [0.25, 0.3) is 20.9 Å². The first-order valence-electron chi connectivity index (χ1n) is 11.8. The molecule has 6 rings (SSSR count). The van der Waals surface area contributed by atoms with Crippen LogP contribution in [-0.2, 0) is 16.6 Å². The monoisotopic (exact) mass is 485 g/mol. The summed E-state index contributed by atoms with van der Waals surface area (Å²) in [5.41, 5.74) is 4.10. The molecule has 7 heteroatoms. The van der Waals surface area contributed by atoms with E-state index in [-0.39, 0.29) is 17.2 Å². The van der Waals surface area contributed by atoms with Crippen molar-refractivity contribution in [3.63, 3.8) is 0 Å². The molecule has 0 unspecified atom stereocenters. The number of hydrogen-bond acceptors (Lipinski definition) is 5. The van der Waals surface area contributed by atoms with Crippen LogP contribution in [-0.4, -0.2) is 45.6 Å². The fraction of sp³-hybridized carbons (Fsp3) is 0.250. The first kappa shape index (κ1) is 22.1. The second kappa shape index (κ2) is 8.66. The smallest absolute Gasteiger partial charge is 0.309 e. The lowest BCUT2D eigenvalue weighted by molar-refractivity contribution is -0.147. The molecule has 2 aromatic heterocycles. The predicted molar refractivity (Wildman–Crippen MR) is 135 cm³/mol. The normalized spacial score (nSPS) is 16.9. The van der Waals surface area contributed by atoms with E-state index in [0.29, 0.717) is 23.7 Å². The van der Waals surface area contributed by atoms with Crippen LogP contribution in [0.4, 0.5) is 4.39 Å². The van der Waals surface area contributed by atoms with Gasteiger partial charge in [0.2, 0.25) is 0 Å². The maximum absolute atomic E-state index is 15.0. The summed E-state index contributed by atoms with van der Waals surface area (Å²) >= 11 is 1.41. The van der Waals surface area contributed by atoms with Gasteiger partial charge in [-0.05, 0) is 54.8 Å². The van der Waals surface area contributed by atoms with Crippen molar-refractivity contribution >= 4 is 27.7 Å². The first-order chi connectivity index (χ1) is 17.0. The molecule has 2 aromatic carbocycles. The molecule has 0 spiro atoms. The summed E-state index contributed by atoms with van der Waals surface area (Å²) in [6.07, 6.45) is 5.94. The summed E-state index contributed by atoms with van der Waals surface area (Å²) in [5, 5.41) is 9.60. The highest BCUT2D eigenvalue weighted by Crippen LogP contribution is 2.45. The molecule has 5 nitrogen and oxygen atoms in total. The summed E-state index contributed by atoms with van der Waals surface area (Å²) in [6, 6.07) is 19.6. The number of aryl methyl sites for hydroxylation is 1. The van der Waals surface area contributed by atoms with Gasteiger partial charge in [0.25, 0.3) is 0 Å². The maximum atomic E-state index is 15.0. The third kappa shape index (κ3) is 4.15. The Morgan fingerprint density at radius 1 is 1.09 bits per heavy atom. The van der Waals surface area contributed by atoms with E-state index in [2.05, 4.69) is 34.2 Å². The van der Waals surface area contributed by atoms with Gasteiger partial charge in [-0.2, -0.15) is 0 Å². The van der Waals surface area contributed by atoms with Gasteiger partial charge in [0.1, 0.15) is 21.2 Å². The van der Waals surface area contributed by atoms with Crippen LogP contribution >= 0.6 is 11.3 Å². The van der Waals surface area contributed by atoms with Crippen molar-refractivity contribution in [2.24, 2.45) is 5.92 Å². The van der Waals surface area contributed by atoms with Gasteiger partial charge in [0.15, 0.2) is 0 Å². The van der Waals surface area contributed by atoms with Crippen molar-refractivity contribution in [1.82, 2.24) is 14.9 Å². The molecular formula is C28H24FN3O2S. The summed E-state index contributed by atoms with van der Waals surface area (Å²) in [4.78, 5) is 23.4. The van der Waals surface area contributed by atoms with Crippen molar-refractivity contribution < 1.29 is 14.3 Å². The predicted octanol–water partition coefficient (Wildman–Crippen LogP) is 5.30. The zero-order valence-corrected chi connectivity index (χ0v) is 19.8. The molecule has 0 bridgehead atoms. The highest BCUT2D eigenvalue weighted by molar-refractivity contribution is 7.21. The number of benzene rings is 2. The van der Waals surface area contributed by atoms with Gasteiger partial charge in [-0.3, -0.25) is 4.79 Å². The summed E-state index contributed by atoms with van der Waals surface area (Å²) < 4.78 is 15.0. The Labute approximate surface area is 206 Å². The number of aromatic nitrogens is 2. The molecule has 1 saturated heterocycles. The molecular weight excluding hydrogens is 461 g/mol. The molecule has 176 valence electrons. The van der Waals surface area contributed by atoms with Gasteiger partial charge in [0.05, 0.1) is 17.0 Å². The van der Waals surface area contributed by atoms with E-state index in [9.17, 15) is 4.79 Å².